The summed E-state index contributed by atoms with van der Waals surface area (Å²) in [5, 5.41) is 0.830. The van der Waals surface area contributed by atoms with Gasteiger partial charge in [0.25, 0.3) is 0 Å². The lowest BCUT2D eigenvalue weighted by Crippen LogP contribution is -3.00. The van der Waals surface area contributed by atoms with E-state index in [1.165, 1.54) is 30.5 Å². The van der Waals surface area contributed by atoms with Crippen LogP contribution in [-0.4, -0.2) is 34.8 Å². The normalized spacial score (nSPS) is 31.1. The number of rotatable bonds is 3. The third-order valence-corrected chi connectivity index (χ3v) is 11.2. The number of hydrogen-bond acceptors (Lipinski definition) is 0. The van der Waals surface area contributed by atoms with Crippen LogP contribution in [0.25, 0.3) is 0 Å². The van der Waals surface area contributed by atoms with Crippen molar-refractivity contribution in [2.24, 2.45) is 0 Å². The van der Waals surface area contributed by atoms with Gasteiger partial charge in [0.05, 0.1) is 28.1 Å². The number of benzene rings is 1. The molecule has 0 aliphatic carbocycles. The van der Waals surface area contributed by atoms with E-state index in [9.17, 15) is 0 Å². The van der Waals surface area contributed by atoms with Gasteiger partial charge in [0, 0.05) is 25.4 Å². The van der Waals surface area contributed by atoms with E-state index in [-0.39, 0.29) is 17.0 Å². The first-order valence-electron chi connectivity index (χ1n) is 5.85. The van der Waals surface area contributed by atoms with Crippen LogP contribution in [-0.2, 0) is 6.42 Å². The molecule has 0 spiro atoms. The van der Waals surface area contributed by atoms with E-state index in [0.29, 0.717) is 9.65 Å². The molecule has 0 bridgehead atoms. The summed E-state index contributed by atoms with van der Waals surface area (Å²) in [4.78, 5) is 1.34. The Morgan fingerprint density at radius 1 is 1.17 bits per heavy atom. The standard InChI is InChI=1S/C13H17Br2ClP.BrH/c1-17(8-12(14)13(15)9-17)7-6-10-2-4-11(16)5-3-10;/h2-5,12-13H,6-9H2,1H3;1H/q+1;/p-1. The zero-order chi connectivity index (χ0) is 12.5. The fourth-order valence-corrected chi connectivity index (χ4v) is 11.2. The number of hydrogen-bond donors (Lipinski definition) is 0. The Labute approximate surface area is 143 Å². The van der Waals surface area contributed by atoms with Gasteiger partial charge in [-0.25, -0.2) is 0 Å². The smallest absolute Gasteiger partial charge is 0.0729 e. The van der Waals surface area contributed by atoms with Crippen molar-refractivity contribution in [3.8, 4) is 0 Å². The third-order valence-electron chi connectivity index (χ3n) is 3.48. The van der Waals surface area contributed by atoms with Gasteiger partial charge in [-0.05, 0) is 17.7 Å². The Morgan fingerprint density at radius 2 is 1.67 bits per heavy atom. The van der Waals surface area contributed by atoms with Crippen LogP contribution in [0.2, 0.25) is 5.02 Å². The zero-order valence-corrected chi connectivity index (χ0v) is 16.7. The van der Waals surface area contributed by atoms with E-state index >= 15 is 0 Å². The van der Waals surface area contributed by atoms with Gasteiger partial charge in [0.15, 0.2) is 0 Å². The summed E-state index contributed by atoms with van der Waals surface area (Å²) in [7, 11) is -0.736. The van der Waals surface area contributed by atoms with Gasteiger partial charge in [-0.15, -0.1) is 0 Å². The highest BCUT2D eigenvalue weighted by atomic mass is 79.9. The first-order valence-corrected chi connectivity index (χ1v) is 10.8. The highest BCUT2D eigenvalue weighted by molar-refractivity contribution is 9.12. The molecule has 102 valence electrons. The first kappa shape index (κ1) is 17.4. The largest absolute Gasteiger partial charge is 1.00 e. The number of aryl methyl sites for hydroxylation is 1. The second-order valence-electron chi connectivity index (χ2n) is 5.12. The van der Waals surface area contributed by atoms with Crippen molar-refractivity contribution in [2.45, 2.75) is 16.1 Å². The lowest BCUT2D eigenvalue weighted by atomic mass is 10.2. The van der Waals surface area contributed by atoms with Gasteiger partial charge < -0.3 is 17.0 Å². The second kappa shape index (κ2) is 7.41. The molecule has 0 N–H and O–H groups in total. The molecule has 1 aliphatic heterocycles. The van der Waals surface area contributed by atoms with Gasteiger partial charge in [0.1, 0.15) is 0 Å². The Bertz CT molecular complexity index is 372. The van der Waals surface area contributed by atoms with Crippen molar-refractivity contribution in [3.63, 3.8) is 0 Å². The van der Waals surface area contributed by atoms with Gasteiger partial charge >= 0.3 is 0 Å². The quantitative estimate of drug-likeness (QED) is 0.460. The average Bonchev–Trinajstić information content (AvgIpc) is 2.53. The Kier molecular flexibility index (Phi) is 7.17. The van der Waals surface area contributed by atoms with Crippen LogP contribution in [0.5, 0.6) is 0 Å². The van der Waals surface area contributed by atoms with Gasteiger partial charge in [-0.2, -0.15) is 0 Å². The third kappa shape index (κ3) is 4.74. The molecule has 0 aromatic heterocycles. The van der Waals surface area contributed by atoms with Crippen molar-refractivity contribution < 1.29 is 17.0 Å². The lowest BCUT2D eigenvalue weighted by molar-refractivity contribution is -0.00000327. The molecule has 1 aromatic carbocycles. The molecule has 18 heavy (non-hydrogen) atoms. The molecular weight excluding hydrogens is 462 g/mol. The fourth-order valence-electron chi connectivity index (χ4n) is 2.38. The van der Waals surface area contributed by atoms with Gasteiger partial charge in [0.2, 0.25) is 0 Å². The molecule has 0 nitrogen and oxygen atoms in total. The Balaban J connectivity index is 0.00000162. The highest BCUT2D eigenvalue weighted by Gasteiger charge is 2.45. The minimum absolute atomic E-state index is 0. The summed E-state index contributed by atoms with van der Waals surface area (Å²) in [5.41, 5.74) is 1.42. The maximum atomic E-state index is 5.90. The summed E-state index contributed by atoms with van der Waals surface area (Å²) < 4.78 is 0. The van der Waals surface area contributed by atoms with Crippen molar-refractivity contribution >= 4 is 50.7 Å². The van der Waals surface area contributed by atoms with E-state index < -0.39 is 7.26 Å². The highest BCUT2D eigenvalue weighted by Crippen LogP contribution is 2.63. The predicted molar refractivity (Wildman–Crippen MR) is 88.0 cm³/mol. The molecular formula is C13H17Br3ClP. The number of halogens is 4. The van der Waals surface area contributed by atoms with E-state index in [1.54, 1.807) is 0 Å². The van der Waals surface area contributed by atoms with Crippen LogP contribution in [0.4, 0.5) is 0 Å². The zero-order valence-electron chi connectivity index (χ0n) is 10.3. The molecule has 5 heteroatoms. The summed E-state index contributed by atoms with van der Waals surface area (Å²) in [6.07, 6.45) is 5.30. The predicted octanol–water partition coefficient (Wildman–Crippen LogP) is 2.07. The molecule has 0 amide bonds. The molecule has 1 fully saturated rings. The SMILES string of the molecule is C[P+]1(CCc2ccc(Cl)cc2)CC(Br)C(Br)C1.[Br-]. The molecule has 2 atom stereocenters. The van der Waals surface area contributed by atoms with Crippen LogP contribution >= 0.6 is 50.7 Å². The lowest BCUT2D eigenvalue weighted by Gasteiger charge is -2.16. The second-order valence-corrected chi connectivity index (χ2v) is 12.3. The first-order chi connectivity index (χ1) is 7.98. The van der Waals surface area contributed by atoms with Gasteiger partial charge in [-0.3, -0.25) is 0 Å². The topological polar surface area (TPSA) is 0 Å². The fraction of sp³-hybridized carbons (Fsp3) is 0.538. The van der Waals surface area contributed by atoms with Crippen molar-refractivity contribution in [1.29, 1.82) is 0 Å². The average molecular weight is 479 g/mol. The van der Waals surface area contributed by atoms with E-state index in [2.05, 4.69) is 50.7 Å². The van der Waals surface area contributed by atoms with Gasteiger partial charge in [-0.1, -0.05) is 55.6 Å². The van der Waals surface area contributed by atoms with Crippen LogP contribution < -0.4 is 17.0 Å². The summed E-state index contributed by atoms with van der Waals surface area (Å²) >= 11 is 13.5. The molecule has 1 aromatic rings. The molecule has 1 saturated heterocycles. The monoisotopic (exact) mass is 476 g/mol. The van der Waals surface area contributed by atoms with Crippen LogP contribution in [0.1, 0.15) is 5.56 Å². The van der Waals surface area contributed by atoms with E-state index in [1.807, 2.05) is 12.1 Å². The van der Waals surface area contributed by atoms with Crippen molar-refractivity contribution in [2.75, 3.05) is 25.2 Å². The minimum Gasteiger partial charge on any atom is -1.00 e. The molecule has 0 radical (unpaired) electrons. The summed E-state index contributed by atoms with van der Waals surface area (Å²) in [5.74, 6) is 0. The summed E-state index contributed by atoms with van der Waals surface area (Å²) in [6, 6.07) is 8.30. The molecule has 0 saturated carbocycles. The van der Waals surface area contributed by atoms with Crippen molar-refractivity contribution in [1.82, 2.24) is 0 Å². The van der Waals surface area contributed by atoms with Crippen LogP contribution in [0.3, 0.4) is 0 Å². The maximum absolute atomic E-state index is 5.90. The van der Waals surface area contributed by atoms with Crippen LogP contribution in [0, 0.1) is 0 Å². The van der Waals surface area contributed by atoms with E-state index in [0.717, 1.165) is 5.02 Å². The Hall–Kier alpha value is 1.38. The Morgan fingerprint density at radius 3 is 2.17 bits per heavy atom. The maximum Gasteiger partial charge on any atom is 0.0729 e. The minimum atomic E-state index is -0.736. The number of alkyl halides is 2. The molecule has 1 aliphatic rings. The van der Waals surface area contributed by atoms with Crippen LogP contribution in [0.15, 0.2) is 24.3 Å². The summed E-state index contributed by atoms with van der Waals surface area (Å²) in [6.45, 7) is 2.51. The van der Waals surface area contributed by atoms with Crippen molar-refractivity contribution in [3.05, 3.63) is 34.9 Å². The molecule has 1 heterocycles. The molecule has 2 rings (SSSR count). The molecule has 2 unspecified atom stereocenters. The van der Waals surface area contributed by atoms with E-state index in [4.69, 9.17) is 11.6 Å².